The summed E-state index contributed by atoms with van der Waals surface area (Å²) in [6, 6.07) is 96.5. The molecule has 6 aromatic heterocycles. The Labute approximate surface area is 889 Å². The van der Waals surface area contributed by atoms with Crippen LogP contribution in [0.3, 0.4) is 0 Å². The van der Waals surface area contributed by atoms with Crippen molar-refractivity contribution in [1.82, 2.24) is 57.3 Å². The molecule has 0 spiro atoms. The first-order valence-electron chi connectivity index (χ1n) is 45.1. The van der Waals surface area contributed by atoms with Crippen molar-refractivity contribution in [2.24, 2.45) is 42.3 Å². The van der Waals surface area contributed by atoms with Crippen molar-refractivity contribution < 1.29 is 121 Å². The Bertz CT molecular complexity index is 6750. The molecule has 0 fully saturated rings. The Hall–Kier alpha value is -10.2. The summed E-state index contributed by atoms with van der Waals surface area (Å²) in [5.74, 6) is 8.05. The van der Waals surface area contributed by atoms with Crippen LogP contribution in [-0.4, -0.2) is 57.3 Å². The Kier molecular flexibility index (Phi) is 43.6. The van der Waals surface area contributed by atoms with Crippen molar-refractivity contribution in [3.8, 4) is 135 Å². The molecular weight excluding hydrogens is 2740 g/mol. The van der Waals surface area contributed by atoms with Gasteiger partial charge in [-0.1, -0.05) is 284 Å². The van der Waals surface area contributed by atoms with E-state index in [-0.39, 0.29) is 121 Å². The van der Waals surface area contributed by atoms with Gasteiger partial charge in [0, 0.05) is 237 Å². The van der Waals surface area contributed by atoms with Crippen molar-refractivity contribution in [2.75, 3.05) is 0 Å². The van der Waals surface area contributed by atoms with E-state index in [0.29, 0.717) is 29.6 Å². The Morgan fingerprint density at radius 1 is 0.221 bits per heavy atom. The second-order valence-electron chi connectivity index (χ2n) is 35.4. The molecule has 0 N–H and O–H groups in total. The number of aromatic nitrogens is 12. The molecule has 6 radical (unpaired) electrons. The molecule has 6 heterocycles. The summed E-state index contributed by atoms with van der Waals surface area (Å²) in [6.45, 7) is 37.8. The Morgan fingerprint density at radius 3 is 0.750 bits per heavy atom. The zero-order chi connectivity index (χ0) is 92.6. The van der Waals surface area contributed by atoms with Crippen LogP contribution in [0.1, 0.15) is 166 Å². The van der Waals surface area contributed by atoms with Gasteiger partial charge in [-0.2, -0.15) is 0 Å². The summed E-state index contributed by atoms with van der Waals surface area (Å²) in [5, 5.41) is 0. The molecule has 714 valence electrons. The number of hydrogen-bond acceptors (Lipinski definition) is 6. The van der Waals surface area contributed by atoms with Gasteiger partial charge in [0.15, 0.2) is 0 Å². The maximum atomic E-state index is 4.60. The number of aryl methyl sites for hydroxylation is 13. The van der Waals surface area contributed by atoms with E-state index in [1.165, 1.54) is 128 Å². The van der Waals surface area contributed by atoms with Gasteiger partial charge in [-0.3, -0.25) is 29.9 Å². The molecule has 136 heavy (non-hydrogen) atoms. The molecule has 0 bridgehead atoms. The van der Waals surface area contributed by atoms with E-state index in [9.17, 15) is 0 Å². The topological polar surface area (TPSA) is 107 Å². The van der Waals surface area contributed by atoms with Crippen molar-refractivity contribution in [3.05, 3.63) is 396 Å². The normalized spacial score (nSPS) is 10.6. The molecular formula is C118H122Ir6N12-6. The van der Waals surface area contributed by atoms with Crippen molar-refractivity contribution in [3.63, 3.8) is 0 Å². The minimum absolute atomic E-state index is 0. The molecule has 18 aromatic rings. The fourth-order valence-corrected chi connectivity index (χ4v) is 17.4. The van der Waals surface area contributed by atoms with Gasteiger partial charge in [0.05, 0.1) is 34.9 Å². The summed E-state index contributed by atoms with van der Waals surface area (Å²) >= 11 is 0. The van der Waals surface area contributed by atoms with Gasteiger partial charge in [-0.05, 0) is 106 Å². The van der Waals surface area contributed by atoms with Crippen LogP contribution in [0.25, 0.3) is 135 Å². The third-order valence-corrected chi connectivity index (χ3v) is 23.8. The third kappa shape index (κ3) is 26.8. The van der Waals surface area contributed by atoms with Crippen LogP contribution in [0, 0.1) is 84.9 Å². The maximum absolute atomic E-state index is 4.60. The first-order chi connectivity index (χ1) is 62.6. The van der Waals surface area contributed by atoms with E-state index in [0.717, 1.165) is 73.9 Å². The van der Waals surface area contributed by atoms with Gasteiger partial charge in [0.2, 0.25) is 0 Å². The van der Waals surface area contributed by atoms with Crippen molar-refractivity contribution in [1.29, 1.82) is 0 Å². The zero-order valence-corrected chi connectivity index (χ0v) is 96.3. The summed E-state index contributed by atoms with van der Waals surface area (Å²) in [7, 11) is 12.1. The van der Waals surface area contributed by atoms with E-state index in [4.69, 9.17) is 0 Å². The fourth-order valence-electron chi connectivity index (χ4n) is 17.4. The monoisotopic (exact) mass is 2860 g/mol. The maximum Gasteiger partial charge on any atom is 0.0561 e. The Morgan fingerprint density at radius 2 is 0.471 bits per heavy atom. The van der Waals surface area contributed by atoms with Gasteiger partial charge < -0.3 is 27.4 Å². The average Bonchev–Trinajstić information content (AvgIpc) is 1.07. The molecule has 0 saturated carbocycles. The van der Waals surface area contributed by atoms with Gasteiger partial charge in [-0.25, -0.2) is 0 Å². The second kappa shape index (κ2) is 52.5. The minimum atomic E-state index is 0. The number of hydrogen-bond donors (Lipinski definition) is 0. The third-order valence-electron chi connectivity index (χ3n) is 23.8. The summed E-state index contributed by atoms with van der Waals surface area (Å²) in [6.07, 6.45) is 22.8. The van der Waals surface area contributed by atoms with Crippen LogP contribution in [-0.2, 0) is 163 Å². The quantitative estimate of drug-likeness (QED) is 0.0841. The van der Waals surface area contributed by atoms with Crippen LogP contribution < -0.4 is 0 Å². The van der Waals surface area contributed by atoms with Gasteiger partial charge in [-0.15, -0.1) is 179 Å². The first kappa shape index (κ1) is 113. The average molecular weight is 2860 g/mol. The first-order valence-corrected chi connectivity index (χ1v) is 45.1. The van der Waals surface area contributed by atoms with Crippen LogP contribution in [0.5, 0.6) is 0 Å². The molecule has 0 unspecified atom stereocenters. The second-order valence-corrected chi connectivity index (χ2v) is 35.4. The molecule has 18 heteroatoms. The number of imidazole rings is 6. The predicted octanol–water partition coefficient (Wildman–Crippen LogP) is 29.1. The van der Waals surface area contributed by atoms with Gasteiger partial charge in [0.25, 0.3) is 0 Å². The van der Waals surface area contributed by atoms with Crippen molar-refractivity contribution in [2.45, 2.75) is 147 Å². The molecule has 0 aliphatic carbocycles. The van der Waals surface area contributed by atoms with E-state index in [1.54, 1.807) is 0 Å². The van der Waals surface area contributed by atoms with Crippen molar-refractivity contribution >= 4 is 0 Å². The summed E-state index contributed by atoms with van der Waals surface area (Å²) < 4.78 is 12.2. The summed E-state index contributed by atoms with van der Waals surface area (Å²) in [4.78, 5) is 26.9. The minimum Gasteiger partial charge on any atom is -0.373 e. The fraction of sp³-hybridized carbons (Fsp3) is 0.237. The van der Waals surface area contributed by atoms with Crippen LogP contribution in [0.4, 0.5) is 0 Å². The van der Waals surface area contributed by atoms with E-state index in [2.05, 4.69) is 333 Å². The van der Waals surface area contributed by atoms with Crippen LogP contribution in [0.15, 0.2) is 293 Å². The van der Waals surface area contributed by atoms with Gasteiger partial charge in [0.1, 0.15) is 0 Å². The molecule has 12 nitrogen and oxygen atoms in total. The molecule has 0 atom stereocenters. The van der Waals surface area contributed by atoms with E-state index >= 15 is 0 Å². The molecule has 12 aromatic carbocycles. The number of benzene rings is 12. The van der Waals surface area contributed by atoms with E-state index < -0.39 is 0 Å². The summed E-state index contributed by atoms with van der Waals surface area (Å²) in [5.41, 5.74) is 37.2. The molecule has 0 amide bonds. The SMILES string of the molecule is CC(C)c1cc(C(C)C)c(-c2ccc[c-]c2-c2nccn2C)c(C(C)C)c1.CC(C)c1cccc(C(C)C)c1-c1ccc[c-]c1-c1nccn1C.Cc1cc(C)c(-c2ccc[c-]c2-c2nccn2C)c(C)c1.Cc1cc(C)cc(-c2ccc[c-]c2-c2nccn2C)c1.Cc1cccc(C)c1-c1ccc[c-]c1-c1nccn1C.Cn1ccnc1-c1[c-]cccc1-c1ccccc1.[Ir].[Ir].[Ir].[Ir].[Ir].[Ir]. The van der Waals surface area contributed by atoms with Gasteiger partial charge >= 0.3 is 0 Å². The van der Waals surface area contributed by atoms with Crippen LogP contribution >= 0.6 is 0 Å². The largest absolute Gasteiger partial charge is 0.373 e. The standard InChI is InChI=1S/C25H31N2.C22H25N2.C19H19N2.2C18H17N2.C16H13N2.6Ir/c1-16(2)19-14-22(17(3)4)24(23(15-19)18(5)6)20-10-8-9-11-21(20)25-26-12-13-27(25)7;1-15(2)17-11-8-12-18(16(3)4)21(17)19-9-6-7-10-20(19)22-23-13-14-24(22)5;1-13-11-14(2)18(15(3)12-13)16-7-5-6-8-17(16)19-20-9-10-21(19)4;1-13-7-6-8-14(2)17(13)15-9-4-5-10-16(15)18-19-11-12-20(18)3;1-13-10-14(2)12-15(11-13)16-6-4-5-7-17(16)18-19-8-9-20(18)3;1-18-12-11-17-16(18)15-10-6-5-9-14(15)13-7-3-2-4-8-13;;;;;;/h8-10,12-18H,1-7H3;6-9,11-16H,1-5H3;5-7,9-12H,1-4H3;4-9,11-12H,1-3H3;4-6,8-12H,1-3H3;2-9,11-12H,1H3;;;;;;/q6*-1;;;;;;. The molecule has 0 aliphatic rings. The van der Waals surface area contributed by atoms with E-state index in [1.807, 2.05) is 214 Å². The van der Waals surface area contributed by atoms with Crippen LogP contribution in [0.2, 0.25) is 0 Å². The number of nitrogens with zero attached hydrogens (tertiary/aromatic N) is 12. The molecule has 18 rings (SSSR count). The smallest absolute Gasteiger partial charge is 0.0561 e. The Balaban J connectivity index is 0.000000221. The predicted molar refractivity (Wildman–Crippen MR) is 541 cm³/mol. The molecule has 0 aliphatic heterocycles. The molecule has 0 saturated heterocycles. The zero-order valence-electron chi connectivity index (χ0n) is 82.0. The number of rotatable bonds is 17.